The van der Waals surface area contributed by atoms with Gasteiger partial charge in [-0.2, -0.15) is 8.78 Å². The van der Waals surface area contributed by atoms with Crippen LogP contribution in [0.25, 0.3) is 11.6 Å². The number of primary amides is 1. The highest BCUT2D eigenvalue weighted by Crippen LogP contribution is 2.52. The van der Waals surface area contributed by atoms with Crippen molar-refractivity contribution < 1.29 is 48.0 Å². The molecule has 3 aliphatic rings. The largest absolute Gasteiger partial charge is 0.508 e. The molecular formula is C21H16F3NO7. The van der Waals surface area contributed by atoms with Crippen LogP contribution < -0.4 is 5.73 Å². The standard InChI is InChI=1S/C21H16F3NO7/c22-15(19(23)24)8-1-2-10(26)13-9(8)4-6-3-7-5-11(27)14(20(25)31)18(30)21(7,32)17(29)12(6)16(13)28/h1-2,6-7,26,28,30,32H,3-5H2,(H2,25,31)/t6-,7+,21+/m1/s1. The lowest BCUT2D eigenvalue weighted by molar-refractivity contribution is -0.147. The fraction of sp³-hybridized carbons (Fsp3) is 0.286. The predicted molar refractivity (Wildman–Crippen MR) is 102 cm³/mol. The number of hydrogen-bond acceptors (Lipinski definition) is 7. The Bertz CT molecular complexity index is 1210. The lowest BCUT2D eigenvalue weighted by Gasteiger charge is -2.46. The summed E-state index contributed by atoms with van der Waals surface area (Å²) in [7, 11) is 0. The molecule has 0 saturated heterocycles. The van der Waals surface area contributed by atoms with Gasteiger partial charge in [0.1, 0.15) is 22.8 Å². The van der Waals surface area contributed by atoms with Crippen molar-refractivity contribution in [3.63, 3.8) is 0 Å². The van der Waals surface area contributed by atoms with Crippen molar-refractivity contribution in [1.82, 2.24) is 0 Å². The van der Waals surface area contributed by atoms with E-state index in [-0.39, 0.29) is 18.4 Å². The molecule has 1 aromatic carbocycles. The molecule has 1 saturated carbocycles. The lowest BCUT2D eigenvalue weighted by atomic mass is 9.59. The fourth-order valence-corrected chi connectivity index (χ4v) is 4.93. The molecule has 3 aliphatic carbocycles. The van der Waals surface area contributed by atoms with Crippen molar-refractivity contribution in [2.24, 2.45) is 17.6 Å². The second-order valence-electron chi connectivity index (χ2n) is 7.97. The van der Waals surface area contributed by atoms with Crippen LogP contribution in [0.15, 0.2) is 35.1 Å². The zero-order valence-corrected chi connectivity index (χ0v) is 16.2. The third-order valence-electron chi connectivity index (χ3n) is 6.35. The normalized spacial score (nSPS) is 27.0. The number of benzene rings is 1. The van der Waals surface area contributed by atoms with Crippen LogP contribution in [0.2, 0.25) is 0 Å². The summed E-state index contributed by atoms with van der Waals surface area (Å²) in [4.78, 5) is 37.1. The molecule has 0 bridgehead atoms. The highest BCUT2D eigenvalue weighted by atomic mass is 19.3. The minimum Gasteiger partial charge on any atom is -0.508 e. The Morgan fingerprint density at radius 1 is 1.09 bits per heavy atom. The Morgan fingerprint density at radius 2 is 1.75 bits per heavy atom. The van der Waals surface area contributed by atoms with Crippen molar-refractivity contribution in [3.8, 4) is 5.75 Å². The summed E-state index contributed by atoms with van der Waals surface area (Å²) >= 11 is 0. The maximum Gasteiger partial charge on any atom is 0.306 e. The minimum absolute atomic E-state index is 0.181. The van der Waals surface area contributed by atoms with E-state index in [9.17, 15) is 48.0 Å². The average Bonchev–Trinajstić information content (AvgIpc) is 2.70. The van der Waals surface area contributed by atoms with Gasteiger partial charge < -0.3 is 26.2 Å². The number of phenols is 1. The summed E-state index contributed by atoms with van der Waals surface area (Å²) in [6, 6.07) is 1.76. The number of amides is 1. The molecule has 0 spiro atoms. The van der Waals surface area contributed by atoms with Gasteiger partial charge in [0.05, 0.1) is 5.56 Å². The summed E-state index contributed by atoms with van der Waals surface area (Å²) in [6.45, 7) is 0. The van der Waals surface area contributed by atoms with E-state index < -0.39 is 92.8 Å². The summed E-state index contributed by atoms with van der Waals surface area (Å²) in [5, 5.41) is 42.5. The second kappa shape index (κ2) is 6.95. The summed E-state index contributed by atoms with van der Waals surface area (Å²) < 4.78 is 39.9. The highest BCUT2D eigenvalue weighted by molar-refractivity contribution is 6.22. The van der Waals surface area contributed by atoms with E-state index in [0.29, 0.717) is 0 Å². The van der Waals surface area contributed by atoms with Crippen LogP contribution in [-0.2, 0) is 20.8 Å². The van der Waals surface area contributed by atoms with E-state index in [1.165, 1.54) is 0 Å². The molecule has 0 aromatic heterocycles. The van der Waals surface area contributed by atoms with Crippen LogP contribution in [0.5, 0.6) is 5.75 Å². The van der Waals surface area contributed by atoms with Gasteiger partial charge >= 0.3 is 6.08 Å². The molecule has 0 radical (unpaired) electrons. The highest BCUT2D eigenvalue weighted by Gasteiger charge is 2.60. The number of carbonyl (C=O) groups excluding carboxylic acids is 3. The number of aromatic hydroxyl groups is 1. The summed E-state index contributed by atoms with van der Waals surface area (Å²) in [5.41, 5.74) is -0.256. The minimum atomic E-state index is -2.74. The molecule has 0 aliphatic heterocycles. The van der Waals surface area contributed by atoms with E-state index in [0.717, 1.165) is 12.1 Å². The SMILES string of the molecule is NC(=O)C1=C(O)[C@@]2(O)C(=O)C3=C(O)c4c(O)ccc(C(F)=C(F)F)c4C[C@H]3C[C@H]2CC1=O. The van der Waals surface area contributed by atoms with E-state index in [1.807, 2.05) is 0 Å². The molecule has 1 aromatic rings. The maximum absolute atomic E-state index is 14.1. The van der Waals surface area contributed by atoms with Gasteiger partial charge in [0.25, 0.3) is 5.91 Å². The number of rotatable bonds is 2. The number of aliphatic hydroxyl groups excluding tert-OH is 2. The van der Waals surface area contributed by atoms with E-state index >= 15 is 0 Å². The number of ketones is 2. The van der Waals surface area contributed by atoms with Crippen LogP contribution in [-0.4, -0.2) is 43.5 Å². The van der Waals surface area contributed by atoms with Gasteiger partial charge in [0.2, 0.25) is 5.78 Å². The molecule has 1 amide bonds. The molecule has 11 heteroatoms. The third kappa shape index (κ3) is 2.70. The molecule has 32 heavy (non-hydrogen) atoms. The van der Waals surface area contributed by atoms with Crippen LogP contribution in [0.3, 0.4) is 0 Å². The molecule has 6 N–H and O–H groups in total. The molecule has 4 rings (SSSR count). The Morgan fingerprint density at radius 3 is 2.34 bits per heavy atom. The van der Waals surface area contributed by atoms with Crippen LogP contribution in [0, 0.1) is 11.8 Å². The van der Waals surface area contributed by atoms with Gasteiger partial charge in [-0.15, -0.1) is 0 Å². The van der Waals surface area contributed by atoms with Gasteiger partial charge in [-0.3, -0.25) is 14.4 Å². The number of halogens is 3. The van der Waals surface area contributed by atoms with E-state index in [2.05, 4.69) is 0 Å². The first-order chi connectivity index (χ1) is 14.9. The summed E-state index contributed by atoms with van der Waals surface area (Å²) in [5.74, 6) is -10.2. The van der Waals surface area contributed by atoms with Crippen molar-refractivity contribution in [2.75, 3.05) is 0 Å². The topological polar surface area (TPSA) is 158 Å². The van der Waals surface area contributed by atoms with Crippen molar-refractivity contribution in [1.29, 1.82) is 0 Å². The third-order valence-corrected chi connectivity index (χ3v) is 6.35. The average molecular weight is 451 g/mol. The smallest absolute Gasteiger partial charge is 0.306 e. The predicted octanol–water partition coefficient (Wildman–Crippen LogP) is 1.96. The molecule has 1 fully saturated rings. The molecule has 3 atom stereocenters. The van der Waals surface area contributed by atoms with Crippen LogP contribution >= 0.6 is 0 Å². The number of nitrogens with two attached hydrogens (primary N) is 1. The number of phenolic OH excluding ortho intramolecular Hbond substituents is 1. The number of hydrogen-bond donors (Lipinski definition) is 5. The Hall–Kier alpha value is -3.60. The summed E-state index contributed by atoms with van der Waals surface area (Å²) in [6.07, 6.45) is -3.61. The maximum atomic E-state index is 14.1. The first-order valence-electron chi connectivity index (χ1n) is 9.44. The van der Waals surface area contributed by atoms with Gasteiger partial charge in [-0.25, -0.2) is 4.39 Å². The Kier molecular flexibility index (Phi) is 4.70. The zero-order chi connectivity index (χ0) is 23.7. The monoisotopic (exact) mass is 451 g/mol. The van der Waals surface area contributed by atoms with Crippen molar-refractivity contribution in [3.05, 3.63) is 51.8 Å². The molecular weight excluding hydrogens is 435 g/mol. The van der Waals surface area contributed by atoms with E-state index in [4.69, 9.17) is 5.73 Å². The van der Waals surface area contributed by atoms with Crippen molar-refractivity contribution in [2.45, 2.75) is 24.9 Å². The number of aliphatic hydroxyl groups is 3. The molecule has 0 unspecified atom stereocenters. The lowest BCUT2D eigenvalue weighted by Crippen LogP contribution is -2.58. The van der Waals surface area contributed by atoms with Gasteiger partial charge in [-0.05, 0) is 36.5 Å². The number of carbonyl (C=O) groups is 3. The van der Waals surface area contributed by atoms with Crippen LogP contribution in [0.1, 0.15) is 29.5 Å². The van der Waals surface area contributed by atoms with Gasteiger partial charge in [0.15, 0.2) is 17.2 Å². The van der Waals surface area contributed by atoms with Gasteiger partial charge in [0, 0.05) is 23.5 Å². The Balaban J connectivity index is 1.96. The number of fused-ring (bicyclic) bond motifs is 3. The first kappa shape index (κ1) is 21.6. The molecule has 0 heterocycles. The van der Waals surface area contributed by atoms with Gasteiger partial charge in [-0.1, -0.05) is 0 Å². The first-order valence-corrected chi connectivity index (χ1v) is 9.44. The quantitative estimate of drug-likeness (QED) is 0.430. The number of Topliss-reactive ketones (excluding diaryl/α,β-unsaturated/α-hetero) is 2. The second-order valence-corrected chi connectivity index (χ2v) is 7.97. The Labute approximate surface area is 177 Å². The van der Waals surface area contributed by atoms with Crippen molar-refractivity contribution >= 4 is 29.1 Å². The van der Waals surface area contributed by atoms with E-state index in [1.54, 1.807) is 0 Å². The zero-order valence-electron chi connectivity index (χ0n) is 16.2. The fourth-order valence-electron chi connectivity index (χ4n) is 4.93. The molecule has 8 nitrogen and oxygen atoms in total. The molecule has 168 valence electrons. The van der Waals surface area contributed by atoms with Crippen LogP contribution in [0.4, 0.5) is 13.2 Å².